The molecule has 2 N–H and O–H groups in total. The molecule has 13 heavy (non-hydrogen) atoms. The molecule has 1 unspecified atom stereocenters. The number of carbonyl (C=O) groups is 1. The van der Waals surface area contributed by atoms with Crippen LogP contribution in [0, 0.1) is 0 Å². The third-order valence-electron chi connectivity index (χ3n) is 1.86. The second-order valence-electron chi connectivity index (χ2n) is 3.27. The van der Waals surface area contributed by atoms with Crippen LogP contribution in [0.15, 0.2) is 22.8 Å². The van der Waals surface area contributed by atoms with Crippen LogP contribution in [-0.4, -0.2) is 11.8 Å². The second-order valence-corrected chi connectivity index (χ2v) is 3.27. The summed E-state index contributed by atoms with van der Waals surface area (Å²) in [6.45, 7) is 1.94. The van der Waals surface area contributed by atoms with Gasteiger partial charge in [0.25, 0.3) is 0 Å². The monoisotopic (exact) mass is 181 g/mol. The van der Waals surface area contributed by atoms with Crippen molar-refractivity contribution in [1.29, 1.82) is 0 Å². The Morgan fingerprint density at radius 3 is 3.00 bits per heavy atom. The van der Waals surface area contributed by atoms with Crippen molar-refractivity contribution in [1.82, 2.24) is 0 Å². The molecule has 1 heterocycles. The number of Topliss-reactive ketones (excluding diaryl/α,β-unsaturated/α-hetero) is 1. The fourth-order valence-corrected chi connectivity index (χ4v) is 1.15. The summed E-state index contributed by atoms with van der Waals surface area (Å²) in [6.07, 6.45) is 3.75. The van der Waals surface area contributed by atoms with E-state index in [1.54, 1.807) is 12.1 Å². The molecule has 0 aliphatic heterocycles. The Balaban J connectivity index is 2.27. The summed E-state index contributed by atoms with van der Waals surface area (Å²) in [7, 11) is 0. The van der Waals surface area contributed by atoms with E-state index in [1.165, 1.54) is 6.26 Å². The van der Waals surface area contributed by atoms with E-state index in [2.05, 4.69) is 0 Å². The number of carbonyl (C=O) groups excluding carboxylic acids is 1. The van der Waals surface area contributed by atoms with Crippen LogP contribution >= 0.6 is 0 Å². The lowest BCUT2D eigenvalue weighted by atomic mass is 10.1. The summed E-state index contributed by atoms with van der Waals surface area (Å²) >= 11 is 0. The van der Waals surface area contributed by atoms with Gasteiger partial charge < -0.3 is 10.2 Å². The minimum Gasteiger partial charge on any atom is -0.461 e. The number of rotatable bonds is 5. The predicted molar refractivity (Wildman–Crippen MR) is 50.5 cm³/mol. The van der Waals surface area contributed by atoms with Crippen molar-refractivity contribution in [3.05, 3.63) is 24.2 Å². The van der Waals surface area contributed by atoms with Crippen LogP contribution in [0.1, 0.15) is 36.7 Å². The highest BCUT2D eigenvalue weighted by Crippen LogP contribution is 2.07. The van der Waals surface area contributed by atoms with Gasteiger partial charge in [-0.15, -0.1) is 0 Å². The van der Waals surface area contributed by atoms with Crippen molar-refractivity contribution in [2.45, 2.75) is 32.2 Å². The van der Waals surface area contributed by atoms with Crippen molar-refractivity contribution >= 4 is 5.78 Å². The van der Waals surface area contributed by atoms with E-state index in [9.17, 15) is 4.79 Å². The summed E-state index contributed by atoms with van der Waals surface area (Å²) in [4.78, 5) is 11.4. The highest BCUT2D eigenvalue weighted by molar-refractivity contribution is 5.93. The van der Waals surface area contributed by atoms with Gasteiger partial charge in [-0.2, -0.15) is 0 Å². The van der Waals surface area contributed by atoms with Crippen molar-refractivity contribution in [2.75, 3.05) is 0 Å². The zero-order valence-electron chi connectivity index (χ0n) is 7.82. The Kier molecular flexibility index (Phi) is 3.71. The van der Waals surface area contributed by atoms with Crippen LogP contribution in [0.3, 0.4) is 0 Å². The molecule has 0 spiro atoms. The van der Waals surface area contributed by atoms with E-state index in [0.717, 1.165) is 12.8 Å². The molecule has 0 bridgehead atoms. The van der Waals surface area contributed by atoms with Gasteiger partial charge in [-0.3, -0.25) is 4.79 Å². The quantitative estimate of drug-likeness (QED) is 0.706. The van der Waals surface area contributed by atoms with Crippen molar-refractivity contribution in [2.24, 2.45) is 5.73 Å². The Morgan fingerprint density at radius 1 is 1.69 bits per heavy atom. The summed E-state index contributed by atoms with van der Waals surface area (Å²) in [6, 6.07) is 3.58. The van der Waals surface area contributed by atoms with Crippen LogP contribution in [-0.2, 0) is 0 Å². The summed E-state index contributed by atoms with van der Waals surface area (Å²) < 4.78 is 4.97. The Hall–Kier alpha value is -1.09. The van der Waals surface area contributed by atoms with Crippen LogP contribution in [0.2, 0.25) is 0 Å². The van der Waals surface area contributed by atoms with E-state index >= 15 is 0 Å². The van der Waals surface area contributed by atoms with Crippen LogP contribution in [0.4, 0.5) is 0 Å². The zero-order chi connectivity index (χ0) is 9.68. The van der Waals surface area contributed by atoms with Gasteiger partial charge in [-0.1, -0.05) is 0 Å². The Bertz CT molecular complexity index is 252. The molecule has 3 heteroatoms. The maximum Gasteiger partial charge on any atom is 0.197 e. The molecule has 0 aliphatic carbocycles. The number of furan rings is 1. The van der Waals surface area contributed by atoms with Gasteiger partial charge in [-0.25, -0.2) is 0 Å². The molecule has 0 aliphatic rings. The SMILES string of the molecule is CC(N)CCCC(=O)c1ccco1. The maximum absolute atomic E-state index is 11.4. The predicted octanol–water partition coefficient (Wildman–Crippen LogP) is 1.98. The normalized spacial score (nSPS) is 12.8. The molecule has 0 amide bonds. The number of nitrogens with two attached hydrogens (primary N) is 1. The van der Waals surface area contributed by atoms with Gasteiger partial charge in [-0.05, 0) is 31.9 Å². The van der Waals surface area contributed by atoms with Gasteiger partial charge in [0.1, 0.15) is 0 Å². The summed E-state index contributed by atoms with van der Waals surface area (Å²) in [5, 5.41) is 0. The molecule has 1 aromatic heterocycles. The minimum atomic E-state index is 0.0608. The van der Waals surface area contributed by atoms with Gasteiger partial charge >= 0.3 is 0 Å². The molecule has 1 rings (SSSR count). The molecular formula is C10H15NO2. The van der Waals surface area contributed by atoms with E-state index in [1.807, 2.05) is 6.92 Å². The fourth-order valence-electron chi connectivity index (χ4n) is 1.15. The third kappa shape index (κ3) is 3.42. The highest BCUT2D eigenvalue weighted by Gasteiger charge is 2.07. The first kappa shape index (κ1) is 9.99. The first-order valence-corrected chi connectivity index (χ1v) is 4.52. The van der Waals surface area contributed by atoms with Crippen LogP contribution in [0.5, 0.6) is 0 Å². The lowest BCUT2D eigenvalue weighted by molar-refractivity contribution is 0.0952. The molecule has 72 valence electrons. The molecule has 3 nitrogen and oxygen atoms in total. The highest BCUT2D eigenvalue weighted by atomic mass is 16.3. The summed E-state index contributed by atoms with van der Waals surface area (Å²) in [5.41, 5.74) is 5.56. The van der Waals surface area contributed by atoms with Gasteiger partial charge in [0.05, 0.1) is 6.26 Å². The minimum absolute atomic E-state index is 0.0608. The number of hydrogen-bond donors (Lipinski definition) is 1. The Morgan fingerprint density at radius 2 is 2.46 bits per heavy atom. The van der Waals surface area contributed by atoms with Crippen molar-refractivity contribution in [3.63, 3.8) is 0 Å². The van der Waals surface area contributed by atoms with Gasteiger partial charge in [0.2, 0.25) is 0 Å². The largest absolute Gasteiger partial charge is 0.461 e. The van der Waals surface area contributed by atoms with Crippen LogP contribution < -0.4 is 5.73 Å². The molecule has 0 radical (unpaired) electrons. The summed E-state index contributed by atoms with van der Waals surface area (Å²) in [5.74, 6) is 0.510. The van der Waals surface area contributed by atoms with Gasteiger partial charge in [0.15, 0.2) is 11.5 Å². The molecule has 0 fully saturated rings. The first-order valence-electron chi connectivity index (χ1n) is 4.52. The molecule has 0 saturated carbocycles. The third-order valence-corrected chi connectivity index (χ3v) is 1.86. The lowest BCUT2D eigenvalue weighted by Gasteiger charge is -2.02. The van der Waals surface area contributed by atoms with Crippen molar-refractivity contribution in [3.8, 4) is 0 Å². The second kappa shape index (κ2) is 4.82. The lowest BCUT2D eigenvalue weighted by Crippen LogP contribution is -2.14. The number of ketones is 1. The number of hydrogen-bond acceptors (Lipinski definition) is 3. The maximum atomic E-state index is 11.4. The standard InChI is InChI=1S/C10H15NO2/c1-8(11)4-2-5-9(12)10-6-3-7-13-10/h3,6-8H,2,4-5,11H2,1H3. The Labute approximate surface area is 77.9 Å². The van der Waals surface area contributed by atoms with Gasteiger partial charge in [0, 0.05) is 12.5 Å². The topological polar surface area (TPSA) is 56.2 Å². The smallest absolute Gasteiger partial charge is 0.197 e. The van der Waals surface area contributed by atoms with E-state index in [0.29, 0.717) is 12.2 Å². The average molecular weight is 181 g/mol. The molecule has 1 aromatic rings. The molecular weight excluding hydrogens is 166 g/mol. The molecule has 1 atom stereocenters. The van der Waals surface area contributed by atoms with Crippen LogP contribution in [0.25, 0.3) is 0 Å². The average Bonchev–Trinajstić information content (AvgIpc) is 2.55. The van der Waals surface area contributed by atoms with E-state index < -0.39 is 0 Å². The first-order chi connectivity index (χ1) is 6.20. The fraction of sp³-hybridized carbons (Fsp3) is 0.500. The van der Waals surface area contributed by atoms with E-state index in [4.69, 9.17) is 10.2 Å². The zero-order valence-corrected chi connectivity index (χ0v) is 7.82. The molecule has 0 aromatic carbocycles. The van der Waals surface area contributed by atoms with E-state index in [-0.39, 0.29) is 11.8 Å². The van der Waals surface area contributed by atoms with Crippen molar-refractivity contribution < 1.29 is 9.21 Å². The molecule has 0 saturated heterocycles.